The fourth-order valence-electron chi connectivity index (χ4n) is 1.63. The van der Waals surface area contributed by atoms with E-state index in [4.69, 9.17) is 5.73 Å². The van der Waals surface area contributed by atoms with Crippen molar-refractivity contribution in [3.05, 3.63) is 47.7 Å². The van der Waals surface area contributed by atoms with Crippen molar-refractivity contribution in [1.29, 1.82) is 0 Å². The first-order valence-corrected chi connectivity index (χ1v) is 5.34. The molecule has 0 atom stereocenters. The van der Waals surface area contributed by atoms with Crippen molar-refractivity contribution >= 4 is 11.8 Å². The number of anilines is 1. The van der Waals surface area contributed by atoms with Crippen LogP contribution in [0.3, 0.4) is 0 Å². The van der Waals surface area contributed by atoms with Gasteiger partial charge in [0, 0.05) is 11.1 Å². The van der Waals surface area contributed by atoms with E-state index in [-0.39, 0.29) is 22.6 Å². The predicted molar refractivity (Wildman–Crippen MR) is 65.3 cm³/mol. The molecule has 6 heteroatoms. The molecule has 1 aromatic heterocycles. The highest BCUT2D eigenvalue weighted by atomic mass is 19.2. The van der Waals surface area contributed by atoms with E-state index in [0.717, 1.165) is 6.07 Å². The second-order valence-electron chi connectivity index (χ2n) is 3.72. The molecule has 98 valence electrons. The molecule has 0 aliphatic rings. The van der Waals surface area contributed by atoms with Gasteiger partial charge >= 0.3 is 5.97 Å². The average molecular weight is 264 g/mol. The van der Waals surface area contributed by atoms with Gasteiger partial charge in [0.2, 0.25) is 0 Å². The van der Waals surface area contributed by atoms with Crippen molar-refractivity contribution in [2.75, 3.05) is 12.8 Å². The average Bonchev–Trinajstić information content (AvgIpc) is 2.41. The first-order valence-electron chi connectivity index (χ1n) is 5.34. The van der Waals surface area contributed by atoms with Crippen molar-refractivity contribution < 1.29 is 18.3 Å². The Morgan fingerprint density at radius 2 is 1.95 bits per heavy atom. The molecular formula is C13H10F2N2O2. The number of benzene rings is 1. The second kappa shape index (κ2) is 5.01. The molecule has 0 radical (unpaired) electrons. The van der Waals surface area contributed by atoms with Crippen molar-refractivity contribution in [3.63, 3.8) is 0 Å². The van der Waals surface area contributed by atoms with Gasteiger partial charge in [0.15, 0.2) is 17.3 Å². The molecule has 1 heterocycles. The van der Waals surface area contributed by atoms with Crippen LogP contribution in [0.25, 0.3) is 11.1 Å². The minimum Gasteiger partial charge on any atom is -0.464 e. The summed E-state index contributed by atoms with van der Waals surface area (Å²) in [5, 5.41) is 0. The van der Waals surface area contributed by atoms with Crippen LogP contribution in [0.5, 0.6) is 0 Å². The number of nitrogens with two attached hydrogens (primary N) is 1. The number of nitrogens with zero attached hydrogens (tertiary/aromatic N) is 1. The minimum absolute atomic E-state index is 0.000520. The summed E-state index contributed by atoms with van der Waals surface area (Å²) in [5.41, 5.74) is 5.86. The normalized spacial score (nSPS) is 10.3. The summed E-state index contributed by atoms with van der Waals surface area (Å²) < 4.78 is 31.3. The molecule has 0 aliphatic carbocycles. The number of carbonyl (C=O) groups is 1. The van der Waals surface area contributed by atoms with Crippen LogP contribution in [0.15, 0.2) is 30.3 Å². The van der Waals surface area contributed by atoms with E-state index in [1.54, 1.807) is 0 Å². The molecule has 0 unspecified atom stereocenters. The highest BCUT2D eigenvalue weighted by Crippen LogP contribution is 2.28. The number of nitrogen functional groups attached to an aromatic ring is 1. The van der Waals surface area contributed by atoms with Gasteiger partial charge in [0.05, 0.1) is 7.11 Å². The van der Waals surface area contributed by atoms with Gasteiger partial charge in [0.1, 0.15) is 5.82 Å². The largest absolute Gasteiger partial charge is 0.464 e. The van der Waals surface area contributed by atoms with E-state index in [9.17, 15) is 13.6 Å². The van der Waals surface area contributed by atoms with Gasteiger partial charge in [-0.25, -0.2) is 18.6 Å². The lowest BCUT2D eigenvalue weighted by Crippen LogP contribution is -2.07. The number of aromatic nitrogens is 1. The standard InChI is InChI=1S/C13H10F2N2O2/c1-19-13(18)10-6-5-8(12(16)17-10)7-3-2-4-9(14)11(7)15/h2-6H,1H3,(H2,16,17). The zero-order chi connectivity index (χ0) is 14.0. The fourth-order valence-corrected chi connectivity index (χ4v) is 1.63. The highest BCUT2D eigenvalue weighted by molar-refractivity contribution is 5.89. The topological polar surface area (TPSA) is 65.2 Å². The molecule has 0 aliphatic heterocycles. The maximum atomic E-state index is 13.6. The number of hydrogen-bond acceptors (Lipinski definition) is 4. The van der Waals surface area contributed by atoms with Crippen LogP contribution in [-0.2, 0) is 4.74 Å². The first kappa shape index (κ1) is 12.9. The zero-order valence-corrected chi connectivity index (χ0v) is 9.98. The van der Waals surface area contributed by atoms with E-state index >= 15 is 0 Å². The lowest BCUT2D eigenvalue weighted by atomic mass is 10.1. The summed E-state index contributed by atoms with van der Waals surface area (Å²) in [7, 11) is 1.21. The molecule has 0 fully saturated rings. The van der Waals surface area contributed by atoms with Crippen LogP contribution >= 0.6 is 0 Å². The fraction of sp³-hybridized carbons (Fsp3) is 0.0769. The zero-order valence-electron chi connectivity index (χ0n) is 9.98. The molecule has 2 aromatic rings. The Balaban J connectivity index is 2.52. The molecule has 2 rings (SSSR count). The van der Waals surface area contributed by atoms with E-state index in [0.29, 0.717) is 0 Å². The lowest BCUT2D eigenvalue weighted by molar-refractivity contribution is 0.0594. The Bertz CT molecular complexity index is 645. The Morgan fingerprint density at radius 1 is 1.21 bits per heavy atom. The van der Waals surface area contributed by atoms with Gasteiger partial charge in [-0.2, -0.15) is 0 Å². The summed E-state index contributed by atoms with van der Waals surface area (Å²) in [5.74, 6) is -2.72. The summed E-state index contributed by atoms with van der Waals surface area (Å²) in [4.78, 5) is 15.1. The lowest BCUT2D eigenvalue weighted by Gasteiger charge is -2.08. The molecule has 19 heavy (non-hydrogen) atoms. The minimum atomic E-state index is -1.01. The summed E-state index contributed by atoms with van der Waals surface area (Å²) in [6.07, 6.45) is 0. The van der Waals surface area contributed by atoms with E-state index in [2.05, 4.69) is 9.72 Å². The van der Waals surface area contributed by atoms with Crippen LogP contribution in [0, 0.1) is 11.6 Å². The van der Waals surface area contributed by atoms with Gasteiger partial charge in [-0.05, 0) is 18.2 Å². The van der Waals surface area contributed by atoms with Gasteiger partial charge in [0.25, 0.3) is 0 Å². The molecule has 0 spiro atoms. The van der Waals surface area contributed by atoms with Gasteiger partial charge < -0.3 is 10.5 Å². The molecule has 1 aromatic carbocycles. The van der Waals surface area contributed by atoms with Gasteiger partial charge in [-0.3, -0.25) is 0 Å². The third-order valence-corrected chi connectivity index (χ3v) is 2.56. The maximum absolute atomic E-state index is 13.6. The molecule has 4 nitrogen and oxygen atoms in total. The Kier molecular flexibility index (Phi) is 3.41. The summed E-state index contributed by atoms with van der Waals surface area (Å²) in [6.45, 7) is 0. The highest BCUT2D eigenvalue weighted by Gasteiger charge is 2.15. The number of ether oxygens (including phenoxy) is 1. The molecule has 0 saturated heterocycles. The van der Waals surface area contributed by atoms with Crippen molar-refractivity contribution in [2.24, 2.45) is 0 Å². The van der Waals surface area contributed by atoms with Crippen LogP contribution in [0.1, 0.15) is 10.5 Å². The maximum Gasteiger partial charge on any atom is 0.356 e. The molecule has 0 amide bonds. The number of methoxy groups -OCH3 is 1. The smallest absolute Gasteiger partial charge is 0.356 e. The second-order valence-corrected chi connectivity index (χ2v) is 3.72. The SMILES string of the molecule is COC(=O)c1ccc(-c2cccc(F)c2F)c(N)n1. The number of carbonyl (C=O) groups excluding carboxylic acids is 1. The molecule has 0 saturated carbocycles. The Morgan fingerprint density at radius 3 is 2.58 bits per heavy atom. The first-order chi connectivity index (χ1) is 9.04. The van der Waals surface area contributed by atoms with Crippen molar-refractivity contribution in [3.8, 4) is 11.1 Å². The Labute approximate surface area is 107 Å². The van der Waals surface area contributed by atoms with Gasteiger partial charge in [-0.1, -0.05) is 12.1 Å². The number of hydrogen-bond donors (Lipinski definition) is 1. The van der Waals surface area contributed by atoms with E-state index in [1.165, 1.54) is 31.4 Å². The van der Waals surface area contributed by atoms with Crippen LogP contribution in [0.4, 0.5) is 14.6 Å². The van der Waals surface area contributed by atoms with E-state index < -0.39 is 17.6 Å². The van der Waals surface area contributed by atoms with Gasteiger partial charge in [-0.15, -0.1) is 0 Å². The number of pyridine rings is 1. The quantitative estimate of drug-likeness (QED) is 0.846. The predicted octanol–water partition coefficient (Wildman–Crippen LogP) is 2.40. The summed E-state index contributed by atoms with van der Waals surface area (Å²) in [6, 6.07) is 6.48. The van der Waals surface area contributed by atoms with Crippen molar-refractivity contribution in [1.82, 2.24) is 4.98 Å². The molecular weight excluding hydrogens is 254 g/mol. The third-order valence-electron chi connectivity index (χ3n) is 2.56. The summed E-state index contributed by atoms with van der Waals surface area (Å²) >= 11 is 0. The monoisotopic (exact) mass is 264 g/mol. The van der Waals surface area contributed by atoms with Crippen LogP contribution in [-0.4, -0.2) is 18.1 Å². The number of esters is 1. The van der Waals surface area contributed by atoms with Crippen LogP contribution < -0.4 is 5.73 Å². The van der Waals surface area contributed by atoms with Crippen LogP contribution in [0.2, 0.25) is 0 Å². The van der Waals surface area contributed by atoms with E-state index in [1.807, 2.05) is 0 Å². The number of rotatable bonds is 2. The van der Waals surface area contributed by atoms with Crippen molar-refractivity contribution in [2.45, 2.75) is 0 Å². The third kappa shape index (κ3) is 2.37. The Hall–Kier alpha value is -2.50. The number of halogens is 2. The molecule has 2 N–H and O–H groups in total. The molecule has 0 bridgehead atoms.